The maximum atomic E-state index is 11.6. The second kappa shape index (κ2) is 27.7. The Morgan fingerprint density at radius 3 is 1.37 bits per heavy atom. The van der Waals surface area contributed by atoms with Crippen molar-refractivity contribution in [3.8, 4) is 11.8 Å². The average Bonchev–Trinajstić information content (AvgIpc) is 3.49. The van der Waals surface area contributed by atoms with E-state index in [-0.39, 0.29) is 0 Å². The molecule has 1 heterocycles. The van der Waals surface area contributed by atoms with Gasteiger partial charge in [0.1, 0.15) is 5.57 Å². The summed E-state index contributed by atoms with van der Waals surface area (Å²) in [5.41, 5.74) is 18.9. The van der Waals surface area contributed by atoms with Gasteiger partial charge in [-0.1, -0.05) is 198 Å². The van der Waals surface area contributed by atoms with E-state index in [2.05, 4.69) is 87.2 Å². The topological polar surface area (TPSA) is 25.3 Å². The highest BCUT2D eigenvalue weighted by molar-refractivity contribution is 5.82. The molecule has 2 aromatic rings. The van der Waals surface area contributed by atoms with E-state index < -0.39 is 0 Å². The van der Waals surface area contributed by atoms with Gasteiger partial charge in [0.25, 0.3) is 0 Å². The number of rotatable bonds is 29. The summed E-state index contributed by atoms with van der Waals surface area (Å²) in [6.07, 6.45) is 39.4. The van der Waals surface area contributed by atoms with Gasteiger partial charge in [0.2, 0.25) is 11.4 Å². The fourth-order valence-corrected chi connectivity index (χ4v) is 7.40. The molecule has 0 amide bonds. The summed E-state index contributed by atoms with van der Waals surface area (Å²) in [5.74, 6) is 6.96. The number of hydrogen-bond acceptors (Lipinski definition) is 0. The second-order valence-corrected chi connectivity index (χ2v) is 15.3. The van der Waals surface area contributed by atoms with Gasteiger partial charge in [-0.05, 0) is 67.5 Å². The summed E-state index contributed by atoms with van der Waals surface area (Å²) in [6, 6.07) is 17.3. The fourth-order valence-electron chi connectivity index (χ4n) is 7.40. The molecule has 0 radical (unpaired) electrons. The van der Waals surface area contributed by atoms with Crippen LogP contribution in [0, 0.1) is 11.8 Å². The van der Waals surface area contributed by atoms with Crippen molar-refractivity contribution in [2.24, 2.45) is 0 Å². The molecule has 1 aliphatic heterocycles. The Bertz CT molecular complexity index is 1370. The van der Waals surface area contributed by atoms with Crippen LogP contribution in [0.5, 0.6) is 0 Å². The first-order valence-corrected chi connectivity index (χ1v) is 21.8. The van der Waals surface area contributed by atoms with Gasteiger partial charge in [-0.25, -0.2) is 4.70 Å². The summed E-state index contributed by atoms with van der Waals surface area (Å²) in [6.45, 7) is 6.77. The van der Waals surface area contributed by atoms with Crippen molar-refractivity contribution in [1.82, 2.24) is 0 Å². The van der Waals surface area contributed by atoms with Gasteiger partial charge >= 0.3 is 0 Å². The molecular formula is C49H74N2. The van der Waals surface area contributed by atoms with Crippen LogP contribution in [0.4, 0.5) is 0 Å². The van der Waals surface area contributed by atoms with E-state index in [1.165, 1.54) is 170 Å². The molecule has 0 bridgehead atoms. The quantitative estimate of drug-likeness (QED) is 0.0461. The molecule has 0 fully saturated rings. The summed E-state index contributed by atoms with van der Waals surface area (Å²) < 4.78 is 1.39. The molecule has 0 saturated heterocycles. The van der Waals surface area contributed by atoms with Crippen LogP contribution in [-0.4, -0.2) is 4.70 Å². The normalized spacial score (nSPS) is 12.8. The standard InChI is InChI=1S/C49H74N2/c1-4-7-10-11-12-13-14-15-16-17-18-19-20-21-22-23-24-25-26-27-28-29-30-37-47-42-48(45-38-31-35-43(40-45)33-8-5-2)51(50)49(47)46-39-32-36-44(41-46)34-9-6-3/h31-32,35-36,38-42H,4-29,33-34H2,1-3H3. The zero-order valence-corrected chi connectivity index (χ0v) is 33.4. The first-order chi connectivity index (χ1) is 25.2. The van der Waals surface area contributed by atoms with Crippen LogP contribution in [0.2, 0.25) is 0 Å². The lowest BCUT2D eigenvalue weighted by atomic mass is 10.0. The van der Waals surface area contributed by atoms with E-state index in [1.54, 1.807) is 0 Å². The molecule has 1 aliphatic rings. The summed E-state index contributed by atoms with van der Waals surface area (Å²) >= 11 is 0. The Labute approximate surface area is 315 Å². The Balaban J connectivity index is 1.35. The minimum atomic E-state index is 0.814. The van der Waals surface area contributed by atoms with Crippen LogP contribution in [0.3, 0.4) is 0 Å². The van der Waals surface area contributed by atoms with Gasteiger partial charge in [-0.2, -0.15) is 0 Å². The lowest BCUT2D eigenvalue weighted by molar-refractivity contribution is -0.344. The largest absolute Gasteiger partial charge is 0.493 e. The minimum Gasteiger partial charge on any atom is -0.493 e. The van der Waals surface area contributed by atoms with Crippen LogP contribution >= 0.6 is 0 Å². The predicted octanol–water partition coefficient (Wildman–Crippen LogP) is 15.8. The maximum absolute atomic E-state index is 11.6. The zero-order valence-electron chi connectivity index (χ0n) is 33.4. The van der Waals surface area contributed by atoms with E-state index in [1.807, 2.05) is 0 Å². The van der Waals surface area contributed by atoms with Crippen molar-refractivity contribution in [2.45, 2.75) is 201 Å². The molecule has 0 spiro atoms. The van der Waals surface area contributed by atoms with Gasteiger partial charge in [-0.15, -0.1) is 0 Å². The third-order valence-corrected chi connectivity index (χ3v) is 10.7. The third-order valence-electron chi connectivity index (χ3n) is 10.7. The number of nitrogens with zero attached hydrogens (tertiary/aromatic N) is 2. The molecule has 0 N–H and O–H groups in total. The molecule has 51 heavy (non-hydrogen) atoms. The molecule has 3 rings (SSSR count). The van der Waals surface area contributed by atoms with Crippen molar-refractivity contribution < 1.29 is 4.70 Å². The molecule has 2 aromatic carbocycles. The lowest BCUT2D eigenvalue weighted by Crippen LogP contribution is -2.03. The third kappa shape index (κ3) is 17.4. The molecule has 0 aromatic heterocycles. The Morgan fingerprint density at radius 2 is 0.902 bits per heavy atom. The highest BCUT2D eigenvalue weighted by atomic mass is 15.2. The number of unbranched alkanes of at least 4 members (excludes halogenated alkanes) is 23. The predicted molar refractivity (Wildman–Crippen MR) is 224 cm³/mol. The fraction of sp³-hybridized carbons (Fsp3) is 0.633. The van der Waals surface area contributed by atoms with Gasteiger partial charge in [0.05, 0.1) is 0 Å². The van der Waals surface area contributed by atoms with Crippen molar-refractivity contribution in [2.75, 3.05) is 0 Å². The molecule has 0 atom stereocenters. The highest BCUT2D eigenvalue weighted by Crippen LogP contribution is 2.36. The second-order valence-electron chi connectivity index (χ2n) is 15.3. The van der Waals surface area contributed by atoms with Crippen molar-refractivity contribution in [1.29, 1.82) is 0 Å². The van der Waals surface area contributed by atoms with E-state index in [0.29, 0.717) is 0 Å². The van der Waals surface area contributed by atoms with Crippen LogP contribution in [0.25, 0.3) is 16.9 Å². The number of aryl methyl sites for hydroxylation is 2. The smallest absolute Gasteiger partial charge is 0.223 e. The summed E-state index contributed by atoms with van der Waals surface area (Å²) in [4.78, 5) is 0. The Kier molecular flexibility index (Phi) is 23.1. The van der Waals surface area contributed by atoms with Crippen molar-refractivity contribution >= 4 is 11.4 Å². The molecule has 280 valence electrons. The average molecular weight is 691 g/mol. The SMILES string of the molecule is CCCCCCCCCCCCCCCCCCCCCCCC#CC1=C(c2cccc(CCCC)c2)[N+](=[N-])C(c2cccc(CCCC)c2)=C1. The Hall–Kier alpha value is -2.92. The van der Waals surface area contributed by atoms with Crippen LogP contribution in [0.1, 0.15) is 210 Å². The molecular weight excluding hydrogens is 617 g/mol. The van der Waals surface area contributed by atoms with Crippen molar-refractivity contribution in [3.63, 3.8) is 0 Å². The van der Waals surface area contributed by atoms with Gasteiger partial charge in [-0.3, -0.25) is 0 Å². The molecule has 2 nitrogen and oxygen atoms in total. The number of hydrogen-bond donors (Lipinski definition) is 0. The van der Waals surface area contributed by atoms with E-state index in [9.17, 15) is 5.53 Å². The molecule has 0 aliphatic carbocycles. The lowest BCUT2D eigenvalue weighted by Gasteiger charge is -2.11. The minimum absolute atomic E-state index is 0.814. The van der Waals surface area contributed by atoms with Crippen LogP contribution in [0.15, 0.2) is 60.2 Å². The van der Waals surface area contributed by atoms with Gasteiger partial charge < -0.3 is 5.53 Å². The van der Waals surface area contributed by atoms with Crippen LogP contribution in [-0.2, 0) is 12.8 Å². The van der Waals surface area contributed by atoms with E-state index >= 15 is 0 Å². The number of benzene rings is 2. The van der Waals surface area contributed by atoms with Gasteiger partial charge in [0.15, 0.2) is 0 Å². The molecule has 0 unspecified atom stereocenters. The monoisotopic (exact) mass is 691 g/mol. The summed E-state index contributed by atoms with van der Waals surface area (Å²) in [5, 5.41) is 0. The first-order valence-electron chi connectivity index (χ1n) is 21.8. The van der Waals surface area contributed by atoms with E-state index in [0.717, 1.165) is 53.8 Å². The van der Waals surface area contributed by atoms with Crippen LogP contribution < -0.4 is 0 Å². The highest BCUT2D eigenvalue weighted by Gasteiger charge is 2.28. The zero-order chi connectivity index (χ0) is 36.2. The Morgan fingerprint density at radius 1 is 0.490 bits per heavy atom. The summed E-state index contributed by atoms with van der Waals surface area (Å²) in [7, 11) is 0. The number of allylic oxidation sites excluding steroid dienone is 2. The van der Waals surface area contributed by atoms with Gasteiger partial charge in [0, 0.05) is 23.6 Å². The maximum Gasteiger partial charge on any atom is 0.223 e. The molecule has 2 heteroatoms. The van der Waals surface area contributed by atoms with Crippen molar-refractivity contribution in [3.05, 3.63) is 88.0 Å². The first kappa shape index (κ1) is 42.5. The van der Waals surface area contributed by atoms with E-state index in [4.69, 9.17) is 0 Å². The molecule has 0 saturated carbocycles.